The summed E-state index contributed by atoms with van der Waals surface area (Å²) in [4.78, 5) is 33.3. The van der Waals surface area contributed by atoms with Gasteiger partial charge in [-0.1, -0.05) is 12.1 Å². The number of carbonyl (C=O) groups is 2. The summed E-state index contributed by atoms with van der Waals surface area (Å²) < 4.78 is 5.70. The monoisotopic (exact) mass is 444 g/mol. The molecule has 0 atom stereocenters. The van der Waals surface area contributed by atoms with Gasteiger partial charge in [0.1, 0.15) is 17.4 Å². The maximum Gasteiger partial charge on any atom is 0.271 e. The Morgan fingerprint density at radius 1 is 1.32 bits per heavy atom. The fourth-order valence-corrected chi connectivity index (χ4v) is 2.59. The number of primary amides is 1. The van der Waals surface area contributed by atoms with Gasteiger partial charge in [0.2, 0.25) is 0 Å². The predicted octanol–water partition coefficient (Wildman–Crippen LogP) is 2.77. The highest BCUT2D eigenvalue weighted by Gasteiger charge is 2.13. The molecule has 9 nitrogen and oxygen atoms in total. The van der Waals surface area contributed by atoms with E-state index in [4.69, 9.17) is 10.5 Å². The van der Waals surface area contributed by atoms with Gasteiger partial charge in [-0.15, -0.1) is 0 Å². The minimum Gasteiger partial charge on any atom is -0.483 e. The SMILES string of the molecule is N#C/C(=C\c1ccc(OCC(N)=O)c(Br)c1)C(=O)Nc1cccc([N+](=O)[O-])c1. The van der Waals surface area contributed by atoms with Crippen molar-refractivity contribution in [3.05, 3.63) is 68.2 Å². The molecule has 3 N–H and O–H groups in total. The quantitative estimate of drug-likeness (QED) is 0.290. The van der Waals surface area contributed by atoms with Crippen LogP contribution in [0, 0.1) is 21.4 Å². The lowest BCUT2D eigenvalue weighted by Crippen LogP contribution is -2.20. The number of nitro benzene ring substituents is 1. The maximum atomic E-state index is 12.3. The number of benzene rings is 2. The zero-order chi connectivity index (χ0) is 20.7. The normalized spacial score (nSPS) is 10.6. The number of ether oxygens (including phenoxy) is 1. The third kappa shape index (κ3) is 5.65. The van der Waals surface area contributed by atoms with Gasteiger partial charge in [0.25, 0.3) is 17.5 Å². The highest BCUT2D eigenvalue weighted by atomic mass is 79.9. The number of nitrogens with two attached hydrogens (primary N) is 1. The molecule has 2 amide bonds. The number of nitrogens with zero attached hydrogens (tertiary/aromatic N) is 2. The van der Waals surface area contributed by atoms with Crippen LogP contribution in [0.5, 0.6) is 5.75 Å². The molecule has 0 spiro atoms. The van der Waals surface area contributed by atoms with Crippen molar-refractivity contribution < 1.29 is 19.2 Å². The summed E-state index contributed by atoms with van der Waals surface area (Å²) in [5.74, 6) is -0.968. The lowest BCUT2D eigenvalue weighted by Gasteiger charge is -2.07. The Bertz CT molecular complexity index is 1010. The van der Waals surface area contributed by atoms with E-state index in [1.165, 1.54) is 30.3 Å². The zero-order valence-electron chi connectivity index (χ0n) is 14.2. The van der Waals surface area contributed by atoms with Gasteiger partial charge in [-0.25, -0.2) is 0 Å². The third-order valence-corrected chi connectivity index (χ3v) is 3.94. The molecular formula is C18H13BrN4O5. The summed E-state index contributed by atoms with van der Waals surface area (Å²) in [6, 6.07) is 11.9. The van der Waals surface area contributed by atoms with Crippen molar-refractivity contribution in [1.82, 2.24) is 0 Å². The van der Waals surface area contributed by atoms with Crippen LogP contribution in [-0.2, 0) is 9.59 Å². The average molecular weight is 445 g/mol. The van der Waals surface area contributed by atoms with Gasteiger partial charge < -0.3 is 15.8 Å². The zero-order valence-corrected chi connectivity index (χ0v) is 15.8. The number of anilines is 1. The first-order chi connectivity index (χ1) is 13.3. The van der Waals surface area contributed by atoms with E-state index in [0.29, 0.717) is 15.8 Å². The number of nitrogens with one attached hydrogen (secondary N) is 1. The van der Waals surface area contributed by atoms with E-state index in [9.17, 15) is 25.0 Å². The van der Waals surface area contributed by atoms with Gasteiger partial charge in [-0.3, -0.25) is 19.7 Å². The summed E-state index contributed by atoms with van der Waals surface area (Å²) in [6.07, 6.45) is 1.34. The first-order valence-corrected chi connectivity index (χ1v) is 8.47. The predicted molar refractivity (Wildman–Crippen MR) is 104 cm³/mol. The number of hydrogen-bond donors (Lipinski definition) is 2. The number of halogens is 1. The number of hydrogen-bond acceptors (Lipinski definition) is 6. The van der Waals surface area contributed by atoms with E-state index in [2.05, 4.69) is 21.2 Å². The van der Waals surface area contributed by atoms with Crippen LogP contribution in [-0.4, -0.2) is 23.3 Å². The molecule has 2 aromatic rings. The van der Waals surface area contributed by atoms with E-state index in [1.54, 1.807) is 24.3 Å². The highest BCUT2D eigenvalue weighted by molar-refractivity contribution is 9.10. The molecule has 2 aromatic carbocycles. The molecule has 0 aliphatic rings. The highest BCUT2D eigenvalue weighted by Crippen LogP contribution is 2.27. The number of rotatable bonds is 7. The summed E-state index contributed by atoms with van der Waals surface area (Å²) in [6.45, 7) is -0.289. The van der Waals surface area contributed by atoms with Crippen molar-refractivity contribution in [2.75, 3.05) is 11.9 Å². The van der Waals surface area contributed by atoms with Gasteiger partial charge in [0.15, 0.2) is 6.61 Å². The van der Waals surface area contributed by atoms with Crippen molar-refractivity contribution in [3.8, 4) is 11.8 Å². The van der Waals surface area contributed by atoms with Crippen LogP contribution in [0.3, 0.4) is 0 Å². The topological polar surface area (TPSA) is 148 Å². The Morgan fingerprint density at radius 3 is 2.68 bits per heavy atom. The fourth-order valence-electron chi connectivity index (χ4n) is 2.08. The molecule has 0 aromatic heterocycles. The number of carbonyl (C=O) groups excluding carboxylic acids is 2. The van der Waals surface area contributed by atoms with Gasteiger partial charge >= 0.3 is 0 Å². The molecular weight excluding hydrogens is 432 g/mol. The lowest BCUT2D eigenvalue weighted by atomic mass is 10.1. The Labute approximate surface area is 167 Å². The summed E-state index contributed by atoms with van der Waals surface area (Å²) in [5.41, 5.74) is 5.34. The van der Waals surface area contributed by atoms with Crippen LogP contribution in [0.25, 0.3) is 6.08 Å². The minimum atomic E-state index is -0.715. The second-order valence-corrected chi connectivity index (χ2v) is 6.23. The van der Waals surface area contributed by atoms with Crippen LogP contribution in [0.4, 0.5) is 11.4 Å². The summed E-state index contributed by atoms with van der Waals surface area (Å²) in [5, 5.41) is 22.5. The number of nitriles is 1. The van der Waals surface area contributed by atoms with Crippen LogP contribution in [0.15, 0.2) is 52.5 Å². The van der Waals surface area contributed by atoms with E-state index in [0.717, 1.165) is 0 Å². The van der Waals surface area contributed by atoms with Crippen molar-refractivity contribution >= 4 is 45.2 Å². The van der Waals surface area contributed by atoms with Crippen molar-refractivity contribution in [2.24, 2.45) is 5.73 Å². The first-order valence-electron chi connectivity index (χ1n) is 7.68. The Hall–Kier alpha value is -3.71. The molecule has 0 aliphatic carbocycles. The summed E-state index contributed by atoms with van der Waals surface area (Å²) >= 11 is 3.27. The van der Waals surface area contributed by atoms with E-state index in [-0.39, 0.29) is 23.6 Å². The van der Waals surface area contributed by atoms with E-state index < -0.39 is 16.7 Å². The number of nitro groups is 1. The van der Waals surface area contributed by atoms with Gasteiger partial charge in [0.05, 0.1) is 9.40 Å². The number of amides is 2. The average Bonchev–Trinajstić information content (AvgIpc) is 2.65. The molecule has 10 heteroatoms. The molecule has 0 saturated carbocycles. The molecule has 0 fully saturated rings. The van der Waals surface area contributed by atoms with Crippen LogP contribution in [0.2, 0.25) is 0 Å². The van der Waals surface area contributed by atoms with Gasteiger partial charge in [-0.05, 0) is 45.8 Å². The van der Waals surface area contributed by atoms with Gasteiger partial charge in [-0.2, -0.15) is 5.26 Å². The molecule has 0 heterocycles. The van der Waals surface area contributed by atoms with Crippen LogP contribution < -0.4 is 15.8 Å². The standard InChI is InChI=1S/C18H13BrN4O5/c19-15-7-11(4-5-16(15)28-10-17(21)24)6-12(9-20)18(25)22-13-2-1-3-14(8-13)23(26)27/h1-8H,10H2,(H2,21,24)(H,22,25)/b12-6+. The molecule has 0 saturated heterocycles. The Balaban J connectivity index is 2.19. The van der Waals surface area contributed by atoms with E-state index >= 15 is 0 Å². The molecule has 142 valence electrons. The minimum absolute atomic E-state index is 0.184. The van der Waals surface area contributed by atoms with Crippen LogP contribution >= 0.6 is 15.9 Å². The Morgan fingerprint density at radius 2 is 2.07 bits per heavy atom. The van der Waals surface area contributed by atoms with Crippen LogP contribution in [0.1, 0.15) is 5.56 Å². The summed E-state index contributed by atoms with van der Waals surface area (Å²) in [7, 11) is 0. The molecule has 0 bridgehead atoms. The van der Waals surface area contributed by atoms with Crippen molar-refractivity contribution in [2.45, 2.75) is 0 Å². The third-order valence-electron chi connectivity index (χ3n) is 3.32. The van der Waals surface area contributed by atoms with Crippen molar-refractivity contribution in [1.29, 1.82) is 5.26 Å². The fraction of sp³-hybridized carbons (Fsp3) is 0.0556. The molecule has 0 aliphatic heterocycles. The molecule has 0 unspecified atom stereocenters. The Kier molecular flexibility index (Phi) is 6.84. The first kappa shape index (κ1) is 20.6. The number of non-ortho nitro benzene ring substituents is 1. The molecule has 2 rings (SSSR count). The smallest absolute Gasteiger partial charge is 0.271 e. The molecule has 0 radical (unpaired) electrons. The largest absolute Gasteiger partial charge is 0.483 e. The van der Waals surface area contributed by atoms with E-state index in [1.807, 2.05) is 0 Å². The van der Waals surface area contributed by atoms with Crippen molar-refractivity contribution in [3.63, 3.8) is 0 Å². The molecule has 28 heavy (non-hydrogen) atoms. The second kappa shape index (κ2) is 9.29. The lowest BCUT2D eigenvalue weighted by molar-refractivity contribution is -0.384. The second-order valence-electron chi connectivity index (χ2n) is 5.38. The van der Waals surface area contributed by atoms with Gasteiger partial charge in [0, 0.05) is 17.8 Å². The maximum absolute atomic E-state index is 12.3.